The Morgan fingerprint density at radius 1 is 1.04 bits per heavy atom. The van der Waals surface area contributed by atoms with Crippen molar-refractivity contribution in [3.63, 3.8) is 0 Å². The lowest BCUT2D eigenvalue weighted by atomic mass is 10.1. The first-order valence-corrected chi connectivity index (χ1v) is 7.89. The Kier molecular flexibility index (Phi) is 4.73. The van der Waals surface area contributed by atoms with Crippen LogP contribution < -0.4 is 0 Å². The van der Waals surface area contributed by atoms with Gasteiger partial charge >= 0.3 is 5.30 Å². The summed E-state index contributed by atoms with van der Waals surface area (Å²) in [6, 6.07) is 19.8. The van der Waals surface area contributed by atoms with Gasteiger partial charge in [0.05, 0.1) is 7.11 Å². The van der Waals surface area contributed by atoms with E-state index in [0.717, 1.165) is 28.8 Å². The van der Waals surface area contributed by atoms with Gasteiger partial charge in [-0.15, -0.1) is 10.2 Å². The molecule has 3 rings (SSSR count). The number of thioether (sulfide) groups is 1. The molecule has 0 unspecified atom stereocenters. The first kappa shape index (κ1) is 15.3. The molecule has 2 aromatic carbocycles. The van der Waals surface area contributed by atoms with Gasteiger partial charge < -0.3 is 4.74 Å². The number of carbonyl (C=O) groups excluding carboxylic acids is 1. The van der Waals surface area contributed by atoms with Crippen LogP contribution in [-0.4, -0.2) is 27.2 Å². The number of ether oxygens (including phenoxy) is 1. The summed E-state index contributed by atoms with van der Waals surface area (Å²) in [5.74, 6) is 0.772. The van der Waals surface area contributed by atoms with Crippen molar-refractivity contribution in [2.24, 2.45) is 0 Å². The monoisotopic (exact) mass is 325 g/mol. The van der Waals surface area contributed by atoms with E-state index in [1.807, 2.05) is 65.2 Å². The molecule has 0 fully saturated rings. The van der Waals surface area contributed by atoms with E-state index in [-0.39, 0.29) is 0 Å². The molecule has 23 heavy (non-hydrogen) atoms. The Bertz CT molecular complexity index is 788. The van der Waals surface area contributed by atoms with E-state index < -0.39 is 5.30 Å². The van der Waals surface area contributed by atoms with Crippen LogP contribution in [0.1, 0.15) is 11.4 Å². The molecule has 0 aliphatic rings. The molecule has 0 atom stereocenters. The molecular formula is C17H15N3O2S. The predicted octanol–water partition coefficient (Wildman–Crippen LogP) is 3.72. The van der Waals surface area contributed by atoms with E-state index >= 15 is 0 Å². The molecule has 3 aromatic rings. The highest BCUT2D eigenvalue weighted by Gasteiger charge is 2.18. The van der Waals surface area contributed by atoms with Crippen LogP contribution in [0.25, 0.3) is 5.69 Å². The fourth-order valence-electron chi connectivity index (χ4n) is 2.21. The summed E-state index contributed by atoms with van der Waals surface area (Å²) in [6.07, 6.45) is 0.629. The molecule has 5 nitrogen and oxygen atoms in total. The van der Waals surface area contributed by atoms with E-state index in [1.165, 1.54) is 7.11 Å². The normalized spacial score (nSPS) is 10.5. The van der Waals surface area contributed by atoms with Crippen molar-refractivity contribution in [3.8, 4) is 5.69 Å². The summed E-state index contributed by atoms with van der Waals surface area (Å²) in [5.41, 5.74) is 2.04. The smallest absolute Gasteiger partial charge is 0.374 e. The summed E-state index contributed by atoms with van der Waals surface area (Å²) < 4.78 is 6.60. The minimum Gasteiger partial charge on any atom is -0.461 e. The van der Waals surface area contributed by atoms with Crippen LogP contribution in [0.4, 0.5) is 4.79 Å². The average Bonchev–Trinajstić information content (AvgIpc) is 2.98. The molecule has 1 aromatic heterocycles. The van der Waals surface area contributed by atoms with Crippen molar-refractivity contribution >= 4 is 17.1 Å². The summed E-state index contributed by atoms with van der Waals surface area (Å²) in [7, 11) is 1.35. The average molecular weight is 325 g/mol. The molecule has 0 N–H and O–H groups in total. The van der Waals surface area contributed by atoms with Gasteiger partial charge in [0.25, 0.3) is 0 Å². The molecule has 0 radical (unpaired) electrons. The Balaban J connectivity index is 2.00. The van der Waals surface area contributed by atoms with Crippen molar-refractivity contribution in [1.82, 2.24) is 14.8 Å². The minimum absolute atomic E-state index is 0.416. The zero-order chi connectivity index (χ0) is 16.1. The van der Waals surface area contributed by atoms with Crippen LogP contribution in [0, 0.1) is 0 Å². The van der Waals surface area contributed by atoms with Gasteiger partial charge in [-0.05, 0) is 17.7 Å². The van der Waals surface area contributed by atoms with Gasteiger partial charge in [-0.3, -0.25) is 4.57 Å². The number of hydrogen-bond donors (Lipinski definition) is 0. The van der Waals surface area contributed by atoms with Crippen LogP contribution >= 0.6 is 11.8 Å². The highest BCUT2D eigenvalue weighted by molar-refractivity contribution is 8.13. The third-order valence-electron chi connectivity index (χ3n) is 3.26. The second-order valence-electron chi connectivity index (χ2n) is 4.79. The predicted molar refractivity (Wildman–Crippen MR) is 88.9 cm³/mol. The number of rotatable bonds is 4. The van der Waals surface area contributed by atoms with E-state index in [4.69, 9.17) is 4.74 Å². The summed E-state index contributed by atoms with van der Waals surface area (Å²) in [4.78, 5) is 11.6. The van der Waals surface area contributed by atoms with Crippen molar-refractivity contribution in [2.45, 2.75) is 11.6 Å². The van der Waals surface area contributed by atoms with Crippen molar-refractivity contribution in [2.75, 3.05) is 7.11 Å². The van der Waals surface area contributed by atoms with Crippen molar-refractivity contribution < 1.29 is 9.53 Å². The number of benzene rings is 2. The summed E-state index contributed by atoms with van der Waals surface area (Å²) >= 11 is 0.925. The molecule has 0 saturated heterocycles. The topological polar surface area (TPSA) is 57.0 Å². The molecular weight excluding hydrogens is 310 g/mol. The molecule has 6 heteroatoms. The van der Waals surface area contributed by atoms with E-state index in [1.54, 1.807) is 0 Å². The van der Waals surface area contributed by atoms with E-state index in [9.17, 15) is 4.79 Å². The fraction of sp³-hybridized carbons (Fsp3) is 0.118. The molecule has 0 aliphatic carbocycles. The van der Waals surface area contributed by atoms with Crippen molar-refractivity contribution in [1.29, 1.82) is 0 Å². The van der Waals surface area contributed by atoms with Gasteiger partial charge in [0.2, 0.25) is 5.16 Å². The number of methoxy groups -OCH3 is 1. The van der Waals surface area contributed by atoms with Crippen molar-refractivity contribution in [3.05, 3.63) is 72.1 Å². The highest BCUT2D eigenvalue weighted by atomic mass is 32.2. The molecule has 0 bridgehead atoms. The van der Waals surface area contributed by atoms with Gasteiger partial charge in [-0.1, -0.05) is 48.5 Å². The van der Waals surface area contributed by atoms with E-state index in [2.05, 4.69) is 10.2 Å². The molecule has 116 valence electrons. The zero-order valence-electron chi connectivity index (χ0n) is 12.5. The van der Waals surface area contributed by atoms with Gasteiger partial charge in [0, 0.05) is 23.9 Å². The second-order valence-corrected chi connectivity index (χ2v) is 5.69. The van der Waals surface area contributed by atoms with Crippen LogP contribution in [0.5, 0.6) is 0 Å². The highest BCUT2D eigenvalue weighted by Crippen LogP contribution is 2.24. The maximum Gasteiger partial charge on any atom is 0.374 e. The quantitative estimate of drug-likeness (QED) is 0.540. The second kappa shape index (κ2) is 7.11. The van der Waals surface area contributed by atoms with Gasteiger partial charge in [-0.25, -0.2) is 4.79 Å². The number of nitrogens with zero attached hydrogens (tertiary/aromatic N) is 3. The number of para-hydroxylation sites is 1. The zero-order valence-corrected chi connectivity index (χ0v) is 13.4. The van der Waals surface area contributed by atoms with Crippen LogP contribution in [0.3, 0.4) is 0 Å². The summed E-state index contributed by atoms with van der Waals surface area (Å²) in [6.45, 7) is 0. The Hall–Kier alpha value is -2.60. The van der Waals surface area contributed by atoms with Gasteiger partial charge in [-0.2, -0.15) is 0 Å². The molecule has 1 heterocycles. The number of aromatic nitrogens is 3. The third-order valence-corrected chi connectivity index (χ3v) is 4.04. The van der Waals surface area contributed by atoms with E-state index in [0.29, 0.717) is 11.6 Å². The molecule has 0 amide bonds. The summed E-state index contributed by atoms with van der Waals surface area (Å²) in [5, 5.41) is 8.49. The Morgan fingerprint density at radius 3 is 2.35 bits per heavy atom. The Labute approximate surface area is 138 Å². The van der Waals surface area contributed by atoms with Crippen LogP contribution in [-0.2, 0) is 11.2 Å². The lowest BCUT2D eigenvalue weighted by molar-refractivity contribution is 0.200. The maximum absolute atomic E-state index is 11.6. The van der Waals surface area contributed by atoms with Gasteiger partial charge in [0.1, 0.15) is 5.82 Å². The molecule has 0 aliphatic heterocycles. The first-order valence-electron chi connectivity index (χ1n) is 7.07. The number of hydrogen-bond acceptors (Lipinski definition) is 5. The first-order chi connectivity index (χ1) is 11.3. The lowest BCUT2D eigenvalue weighted by Gasteiger charge is -2.09. The lowest BCUT2D eigenvalue weighted by Crippen LogP contribution is -2.04. The van der Waals surface area contributed by atoms with Gasteiger partial charge in [0.15, 0.2) is 0 Å². The molecule has 0 saturated carbocycles. The minimum atomic E-state index is -0.416. The fourth-order valence-corrected chi connectivity index (χ4v) is 2.83. The largest absolute Gasteiger partial charge is 0.461 e. The van der Waals surface area contributed by atoms with Crippen LogP contribution in [0.2, 0.25) is 0 Å². The molecule has 0 spiro atoms. The van der Waals surface area contributed by atoms with Crippen LogP contribution in [0.15, 0.2) is 65.8 Å². The SMILES string of the molecule is COC(=O)Sc1nnc(Cc2ccccc2)n1-c1ccccc1. The third kappa shape index (κ3) is 3.60. The Morgan fingerprint density at radius 2 is 1.70 bits per heavy atom. The number of carbonyl (C=O) groups is 1. The standard InChI is InChI=1S/C17H15N3O2S/c1-22-17(21)23-16-19-18-15(12-13-8-4-2-5-9-13)20(16)14-10-6-3-7-11-14/h2-11H,12H2,1H3. The maximum atomic E-state index is 11.6.